The summed E-state index contributed by atoms with van der Waals surface area (Å²) in [5.41, 5.74) is 0.649. The summed E-state index contributed by atoms with van der Waals surface area (Å²) in [6.07, 6.45) is 1.57. The maximum atomic E-state index is 12.3. The van der Waals surface area contributed by atoms with Crippen LogP contribution in [0.25, 0.3) is 0 Å². The van der Waals surface area contributed by atoms with Gasteiger partial charge in [-0.3, -0.25) is 14.4 Å². The monoisotopic (exact) mass is 315 g/mol. The number of hydrogen-bond acceptors (Lipinski definition) is 5. The Morgan fingerprint density at radius 2 is 2.00 bits per heavy atom. The molecule has 5 atom stereocenters. The van der Waals surface area contributed by atoms with Gasteiger partial charge in [-0.2, -0.15) is 0 Å². The molecular weight excluding hydrogens is 298 g/mol. The SMILES string of the molecule is O=C(COC(=O)[C@@H]1[C@@H]2C[C@@H]3[C@@H]1C(=O)O[C@H]3C2)Nc1ccccc1. The highest BCUT2D eigenvalue weighted by Crippen LogP contribution is 2.57. The number of anilines is 1. The highest BCUT2D eigenvalue weighted by molar-refractivity contribution is 5.93. The second-order valence-corrected chi connectivity index (χ2v) is 6.44. The number of fused-ring (bicyclic) bond motifs is 1. The quantitative estimate of drug-likeness (QED) is 0.849. The van der Waals surface area contributed by atoms with Crippen molar-refractivity contribution in [2.45, 2.75) is 18.9 Å². The van der Waals surface area contributed by atoms with Crippen LogP contribution in [0.3, 0.4) is 0 Å². The summed E-state index contributed by atoms with van der Waals surface area (Å²) in [7, 11) is 0. The van der Waals surface area contributed by atoms with Crippen LogP contribution in [0.4, 0.5) is 5.69 Å². The molecule has 2 bridgehead atoms. The molecule has 1 N–H and O–H groups in total. The summed E-state index contributed by atoms with van der Waals surface area (Å²) in [6.45, 7) is -0.340. The van der Waals surface area contributed by atoms with E-state index < -0.39 is 11.9 Å². The zero-order valence-corrected chi connectivity index (χ0v) is 12.4. The second-order valence-electron chi connectivity index (χ2n) is 6.44. The van der Waals surface area contributed by atoms with Crippen LogP contribution in [0, 0.1) is 23.7 Å². The van der Waals surface area contributed by atoms with E-state index in [2.05, 4.69) is 5.32 Å². The van der Waals surface area contributed by atoms with Crippen LogP contribution in [0.1, 0.15) is 12.8 Å². The lowest BCUT2D eigenvalue weighted by molar-refractivity contribution is -0.157. The summed E-state index contributed by atoms with van der Waals surface area (Å²) < 4.78 is 10.5. The molecule has 6 nitrogen and oxygen atoms in total. The van der Waals surface area contributed by atoms with Crippen LogP contribution in [0.2, 0.25) is 0 Å². The van der Waals surface area contributed by atoms with E-state index in [0.717, 1.165) is 12.8 Å². The van der Waals surface area contributed by atoms with Crippen LogP contribution >= 0.6 is 0 Å². The smallest absolute Gasteiger partial charge is 0.310 e. The van der Waals surface area contributed by atoms with E-state index in [4.69, 9.17) is 9.47 Å². The molecule has 0 unspecified atom stereocenters. The Balaban J connectivity index is 1.34. The molecular formula is C17H17NO5. The zero-order chi connectivity index (χ0) is 16.0. The largest absolute Gasteiger partial charge is 0.462 e. The molecule has 1 heterocycles. The molecule has 3 aliphatic rings. The Labute approximate surface area is 133 Å². The molecule has 1 amide bonds. The standard InChI is InChI=1S/C17H17NO5/c19-13(18-10-4-2-1-3-5-10)8-22-16(20)14-9-6-11-12(7-9)23-17(21)15(11)14/h1-5,9,11-12,14-15H,6-8H2,(H,18,19)/t9-,11+,12+,14-,15+/m1/s1. The lowest BCUT2D eigenvalue weighted by Crippen LogP contribution is -2.34. The minimum Gasteiger partial charge on any atom is -0.462 e. The van der Waals surface area contributed by atoms with Gasteiger partial charge in [0.1, 0.15) is 6.10 Å². The van der Waals surface area contributed by atoms with E-state index in [-0.39, 0.29) is 42.3 Å². The molecule has 120 valence electrons. The first kappa shape index (κ1) is 14.2. The molecule has 0 radical (unpaired) electrons. The van der Waals surface area contributed by atoms with Crippen molar-refractivity contribution in [3.8, 4) is 0 Å². The minimum atomic E-state index is -0.456. The number of amides is 1. The molecule has 0 spiro atoms. The summed E-state index contributed by atoms with van der Waals surface area (Å²) in [4.78, 5) is 36.0. The van der Waals surface area contributed by atoms with E-state index in [9.17, 15) is 14.4 Å². The predicted octanol–water partition coefficient (Wildman–Crippen LogP) is 1.37. The number of hydrogen-bond donors (Lipinski definition) is 1. The number of carbonyl (C=O) groups excluding carboxylic acids is 3. The second kappa shape index (κ2) is 5.37. The van der Waals surface area contributed by atoms with Crippen molar-refractivity contribution in [2.75, 3.05) is 11.9 Å². The van der Waals surface area contributed by atoms with Gasteiger partial charge in [-0.05, 0) is 30.9 Å². The first-order valence-corrected chi connectivity index (χ1v) is 7.85. The maximum absolute atomic E-state index is 12.3. The molecule has 0 aromatic heterocycles. The molecule has 1 aliphatic heterocycles. The molecule has 6 heteroatoms. The van der Waals surface area contributed by atoms with Gasteiger partial charge in [-0.1, -0.05) is 18.2 Å². The van der Waals surface area contributed by atoms with Crippen LogP contribution in [0.15, 0.2) is 30.3 Å². The third kappa shape index (κ3) is 2.38. The predicted molar refractivity (Wildman–Crippen MR) is 79.1 cm³/mol. The van der Waals surface area contributed by atoms with Crippen molar-refractivity contribution in [1.82, 2.24) is 0 Å². The van der Waals surface area contributed by atoms with Gasteiger partial charge in [-0.25, -0.2) is 0 Å². The van der Waals surface area contributed by atoms with E-state index in [1.54, 1.807) is 24.3 Å². The Morgan fingerprint density at radius 1 is 1.22 bits per heavy atom. The summed E-state index contributed by atoms with van der Waals surface area (Å²) in [5, 5.41) is 2.66. The number of para-hydroxylation sites is 1. The molecule has 1 aromatic carbocycles. The Bertz CT molecular complexity index is 656. The summed E-state index contributed by atoms with van der Waals surface area (Å²) >= 11 is 0. The molecule has 1 aromatic rings. The first-order valence-electron chi connectivity index (χ1n) is 7.85. The normalized spacial score (nSPS) is 33.4. The fourth-order valence-electron chi connectivity index (χ4n) is 4.28. The van der Waals surface area contributed by atoms with Crippen molar-refractivity contribution in [3.63, 3.8) is 0 Å². The molecule has 1 saturated heterocycles. The molecule has 3 fully saturated rings. The Kier molecular flexibility index (Phi) is 3.32. The van der Waals surface area contributed by atoms with Gasteiger partial charge >= 0.3 is 11.9 Å². The van der Waals surface area contributed by atoms with Gasteiger partial charge in [-0.15, -0.1) is 0 Å². The third-order valence-electron chi connectivity index (χ3n) is 5.16. The highest BCUT2D eigenvalue weighted by atomic mass is 16.6. The van der Waals surface area contributed by atoms with Gasteiger partial charge in [0.2, 0.25) is 0 Å². The molecule has 2 saturated carbocycles. The topological polar surface area (TPSA) is 81.7 Å². The maximum Gasteiger partial charge on any atom is 0.310 e. The molecule has 23 heavy (non-hydrogen) atoms. The average molecular weight is 315 g/mol. The van der Waals surface area contributed by atoms with E-state index >= 15 is 0 Å². The first-order chi connectivity index (χ1) is 11.1. The number of rotatable bonds is 4. The minimum absolute atomic E-state index is 0.0112. The Morgan fingerprint density at radius 3 is 2.78 bits per heavy atom. The van der Waals surface area contributed by atoms with Gasteiger partial charge in [0.15, 0.2) is 6.61 Å². The van der Waals surface area contributed by atoms with E-state index in [1.807, 2.05) is 6.07 Å². The van der Waals surface area contributed by atoms with Crippen LogP contribution in [-0.2, 0) is 23.9 Å². The van der Waals surface area contributed by atoms with Crippen LogP contribution in [-0.4, -0.2) is 30.6 Å². The lowest BCUT2D eigenvalue weighted by atomic mass is 9.80. The molecule has 2 aliphatic carbocycles. The summed E-state index contributed by atoms with van der Waals surface area (Å²) in [6, 6.07) is 8.96. The fraction of sp³-hybridized carbons (Fsp3) is 0.471. The van der Waals surface area contributed by atoms with Crippen molar-refractivity contribution in [2.24, 2.45) is 23.7 Å². The van der Waals surface area contributed by atoms with Gasteiger partial charge in [0, 0.05) is 11.6 Å². The van der Waals surface area contributed by atoms with Crippen molar-refractivity contribution >= 4 is 23.5 Å². The average Bonchev–Trinajstić information content (AvgIpc) is 3.15. The van der Waals surface area contributed by atoms with E-state index in [0.29, 0.717) is 5.69 Å². The fourth-order valence-corrected chi connectivity index (χ4v) is 4.28. The van der Waals surface area contributed by atoms with Gasteiger partial charge < -0.3 is 14.8 Å². The lowest BCUT2D eigenvalue weighted by Gasteiger charge is -2.22. The molecule has 4 rings (SSSR count). The van der Waals surface area contributed by atoms with Crippen molar-refractivity contribution in [1.29, 1.82) is 0 Å². The number of benzene rings is 1. The number of carbonyl (C=O) groups is 3. The zero-order valence-electron chi connectivity index (χ0n) is 12.4. The van der Waals surface area contributed by atoms with E-state index in [1.165, 1.54) is 0 Å². The Hall–Kier alpha value is -2.37. The number of esters is 2. The van der Waals surface area contributed by atoms with Crippen molar-refractivity contribution in [3.05, 3.63) is 30.3 Å². The van der Waals surface area contributed by atoms with Crippen molar-refractivity contribution < 1.29 is 23.9 Å². The highest BCUT2D eigenvalue weighted by Gasteiger charge is 2.64. The number of ether oxygens (including phenoxy) is 2. The van der Waals surface area contributed by atoms with Crippen LogP contribution < -0.4 is 5.32 Å². The summed E-state index contributed by atoms with van der Waals surface area (Å²) in [5.74, 6) is -1.65. The number of nitrogens with one attached hydrogen (secondary N) is 1. The third-order valence-corrected chi connectivity index (χ3v) is 5.16. The van der Waals surface area contributed by atoms with Crippen LogP contribution in [0.5, 0.6) is 0 Å². The van der Waals surface area contributed by atoms with Gasteiger partial charge in [0.25, 0.3) is 5.91 Å². The van der Waals surface area contributed by atoms with Gasteiger partial charge in [0.05, 0.1) is 11.8 Å².